The zero-order chi connectivity index (χ0) is 76.8. The fourth-order valence-corrected chi connectivity index (χ4v) is 10.8. The molecule has 5 aromatic carbocycles. The summed E-state index contributed by atoms with van der Waals surface area (Å²) in [7, 11) is 0.577. The number of primary sulfonamides is 1. The third-order valence-corrected chi connectivity index (χ3v) is 16.8. The van der Waals surface area contributed by atoms with Gasteiger partial charge in [-0.15, -0.1) is 0 Å². The highest BCUT2D eigenvalue weighted by Crippen LogP contribution is 2.43. The summed E-state index contributed by atoms with van der Waals surface area (Å²) in [6.07, 6.45) is 1.97. The van der Waals surface area contributed by atoms with Crippen LogP contribution in [-0.2, 0) is 69.2 Å². The van der Waals surface area contributed by atoms with Gasteiger partial charge in [-0.1, -0.05) is 125 Å². The van der Waals surface area contributed by atoms with Gasteiger partial charge in [0.05, 0.1) is 89.5 Å². The molecule has 568 valence electrons. The lowest BCUT2D eigenvalue weighted by Crippen LogP contribution is -2.35. The molecule has 103 heavy (non-hydrogen) atoms. The molecule has 13 N–H and O–H groups in total. The molecule has 1 aromatic heterocycles. The van der Waals surface area contributed by atoms with E-state index < -0.39 is 57.1 Å². The van der Waals surface area contributed by atoms with E-state index in [0.717, 1.165) is 49.2 Å². The number of carboxylic acid groups (broad SMARTS) is 1. The first-order valence-electron chi connectivity index (χ1n) is 33.2. The van der Waals surface area contributed by atoms with Crippen LogP contribution in [0.5, 0.6) is 17.2 Å². The van der Waals surface area contributed by atoms with Crippen molar-refractivity contribution < 1.29 is 85.6 Å². The highest BCUT2D eigenvalue weighted by molar-refractivity contribution is 7.89. The summed E-state index contributed by atoms with van der Waals surface area (Å²) >= 11 is 18.4. The van der Waals surface area contributed by atoms with E-state index in [-0.39, 0.29) is 53.4 Å². The maximum atomic E-state index is 12.6. The fourth-order valence-electron chi connectivity index (χ4n) is 9.32. The minimum Gasteiger partial charge on any atom is -0.491 e. The van der Waals surface area contributed by atoms with Gasteiger partial charge in [0.2, 0.25) is 15.9 Å². The van der Waals surface area contributed by atoms with Gasteiger partial charge >= 0.3 is 17.9 Å². The molecule has 7 rings (SSSR count). The topological polar surface area (TPSA) is 373 Å². The lowest BCUT2D eigenvalue weighted by molar-refractivity contribution is -0.139. The predicted octanol–water partition coefficient (Wildman–Crippen LogP) is 9.53. The van der Waals surface area contributed by atoms with Crippen LogP contribution >= 0.6 is 34.8 Å². The molecule has 4 atom stereocenters. The van der Waals surface area contributed by atoms with Crippen molar-refractivity contribution in [1.29, 1.82) is 0 Å². The first-order valence-corrected chi connectivity index (χ1v) is 35.9. The highest BCUT2D eigenvalue weighted by atomic mass is 35.5. The number of aliphatic hydroxyl groups excluding tert-OH is 3. The summed E-state index contributed by atoms with van der Waals surface area (Å²) in [6, 6.07) is 34.6. The summed E-state index contributed by atoms with van der Waals surface area (Å²) in [5, 5.41) is 59.1. The van der Waals surface area contributed by atoms with E-state index in [1.54, 1.807) is 89.6 Å². The van der Waals surface area contributed by atoms with Gasteiger partial charge in [0.15, 0.2) is 0 Å². The summed E-state index contributed by atoms with van der Waals surface area (Å²) < 4.78 is 64.5. The van der Waals surface area contributed by atoms with Crippen molar-refractivity contribution in [2.75, 3.05) is 85.9 Å². The van der Waals surface area contributed by atoms with Crippen molar-refractivity contribution in [2.24, 2.45) is 10.9 Å². The Morgan fingerprint density at radius 3 is 1.45 bits per heavy atom. The number of carboxylic acids is 1. The standard InChI is InChI=1S/C18H19Cl2NO4.2C15H25NO3.C14H22N2O3.C12H11ClN2O5S/c1-5-25-18(23)14-10(3)21-9(2)13(17(22)24-4)15(14)11-7-6-8-12(19)16(11)20;2*1-12(2)16-10-14(17)11-19-15-6-4-13(5-7-15)8-9-18-3;1-10(2)16-8-12(17)9-19-13-5-3-11(4-6-13)7-14(15)18;13-9-5-10(15-6-7-2-1-3-20-7)8(12(16)17)4-11(9)21(14,18)19/h6-8,15,21H,5H2,1-4H3;2*4-7,12,14,16-17H,8-11H2,1-3H3;3-6,10,12,16-17H,7-9H2,1-2H3,(H2,15,18);1-5,15H,6H2,(H,16,17)(H2,14,18,19). The van der Waals surface area contributed by atoms with Gasteiger partial charge in [-0.25, -0.2) is 27.9 Å². The van der Waals surface area contributed by atoms with E-state index in [4.69, 9.17) is 88.4 Å². The maximum absolute atomic E-state index is 12.6. The number of ether oxygens (including phenoxy) is 7. The monoisotopic (exact) mass is 1510 g/mol. The Bertz CT molecular complexity index is 3640. The number of benzene rings is 5. The number of aliphatic hydroxyl groups is 3. The van der Waals surface area contributed by atoms with Gasteiger partial charge < -0.3 is 90.3 Å². The summed E-state index contributed by atoms with van der Waals surface area (Å²) in [5.74, 6) is -0.673. The normalized spacial score (nSPS) is 13.5. The summed E-state index contributed by atoms with van der Waals surface area (Å²) in [5.41, 5.74) is 10.6. The van der Waals surface area contributed by atoms with Gasteiger partial charge in [0, 0.05) is 63.4 Å². The summed E-state index contributed by atoms with van der Waals surface area (Å²) in [4.78, 5) is 46.5. The second-order valence-electron chi connectivity index (χ2n) is 24.2. The largest absolute Gasteiger partial charge is 0.491 e. The Hall–Kier alpha value is -7.80. The van der Waals surface area contributed by atoms with E-state index in [2.05, 4.69) is 26.6 Å². The zero-order valence-corrected chi connectivity index (χ0v) is 63.6. The van der Waals surface area contributed by atoms with Crippen molar-refractivity contribution in [3.63, 3.8) is 0 Å². The number of dihydropyridines is 1. The predicted molar refractivity (Wildman–Crippen MR) is 400 cm³/mol. The van der Waals surface area contributed by atoms with Crippen LogP contribution in [0.4, 0.5) is 5.69 Å². The minimum absolute atomic E-state index is 0.163. The zero-order valence-electron chi connectivity index (χ0n) is 60.5. The van der Waals surface area contributed by atoms with Crippen LogP contribution < -0.4 is 51.7 Å². The molecular formula is C74H102Cl3N7O18S. The van der Waals surface area contributed by atoms with Crippen molar-refractivity contribution in [3.05, 3.63) is 193 Å². The number of primary amides is 1. The molecule has 1 aliphatic rings. The molecule has 0 saturated carbocycles. The fraction of sp³-hybridized carbons (Fsp3) is 0.432. The number of halogens is 3. The molecule has 25 nitrogen and oxygen atoms in total. The number of esters is 2. The van der Waals surface area contributed by atoms with Gasteiger partial charge in [0.1, 0.15) is 66.0 Å². The number of carbonyl (C=O) groups is 4. The number of nitrogens with two attached hydrogens (primary N) is 2. The van der Waals surface area contributed by atoms with E-state index in [1.807, 2.05) is 90.1 Å². The molecular weight excluding hydrogens is 1410 g/mol. The number of methoxy groups -OCH3 is 3. The van der Waals surface area contributed by atoms with E-state index in [0.29, 0.717) is 95.6 Å². The molecule has 6 aromatic rings. The number of amides is 1. The molecule has 1 amide bonds. The number of anilines is 1. The number of rotatable bonds is 35. The smallest absolute Gasteiger partial charge is 0.337 e. The van der Waals surface area contributed by atoms with Gasteiger partial charge in [-0.05, 0) is 123 Å². The number of furan rings is 1. The average molecular weight is 1520 g/mol. The van der Waals surface area contributed by atoms with Crippen molar-refractivity contribution >= 4 is 74.3 Å². The van der Waals surface area contributed by atoms with Crippen LogP contribution in [0.25, 0.3) is 0 Å². The molecule has 4 unspecified atom stereocenters. The SMILES string of the molecule is CC(C)NCC(O)COc1ccc(CC(N)=O)cc1.CCOC(=O)C1=C(C)NC(C)=C(C(=O)OC)C1c1cccc(Cl)c1Cl.COCCc1ccc(OCC(O)CNC(C)C)cc1.COCCc1ccc(OCC(O)CNC(C)C)cc1.NS(=O)(=O)c1cc(C(=O)O)c(NCc2ccco2)cc1Cl. The third kappa shape index (κ3) is 34.1. The van der Waals surface area contributed by atoms with Crippen molar-refractivity contribution in [2.45, 2.75) is 135 Å². The second-order valence-corrected chi connectivity index (χ2v) is 27.0. The number of sulfonamides is 1. The first kappa shape index (κ1) is 89.4. The molecule has 1 aliphatic heterocycles. The van der Waals surface area contributed by atoms with Crippen LogP contribution in [0.15, 0.2) is 153 Å². The molecule has 0 fully saturated rings. The first-order chi connectivity index (χ1) is 48.8. The van der Waals surface area contributed by atoms with Gasteiger partial charge in [-0.3, -0.25) is 4.79 Å². The molecule has 0 bridgehead atoms. The van der Waals surface area contributed by atoms with Crippen molar-refractivity contribution in [3.8, 4) is 17.2 Å². The lowest BCUT2D eigenvalue weighted by atomic mass is 9.80. The van der Waals surface area contributed by atoms with Gasteiger partial charge in [-0.2, -0.15) is 0 Å². The molecule has 2 heterocycles. The number of nitrogens with one attached hydrogen (secondary N) is 5. The van der Waals surface area contributed by atoms with E-state index in [1.165, 1.54) is 30.6 Å². The highest BCUT2D eigenvalue weighted by Gasteiger charge is 2.39. The molecule has 0 aliphatic carbocycles. The Morgan fingerprint density at radius 2 is 1.07 bits per heavy atom. The van der Waals surface area contributed by atoms with E-state index >= 15 is 0 Å². The Kier molecular flexibility index (Phi) is 41.3. The van der Waals surface area contributed by atoms with Gasteiger partial charge in [0.25, 0.3) is 0 Å². The maximum Gasteiger partial charge on any atom is 0.337 e. The molecule has 0 spiro atoms. The van der Waals surface area contributed by atoms with Crippen LogP contribution in [0, 0.1) is 0 Å². The van der Waals surface area contributed by atoms with Crippen LogP contribution in [-0.4, -0.2) is 170 Å². The number of hydrogen-bond acceptors (Lipinski definition) is 22. The summed E-state index contributed by atoms with van der Waals surface area (Å²) in [6.45, 7) is 21.7. The minimum atomic E-state index is -4.11. The van der Waals surface area contributed by atoms with Crippen LogP contribution in [0.3, 0.4) is 0 Å². The van der Waals surface area contributed by atoms with Crippen LogP contribution in [0.2, 0.25) is 15.1 Å². The Morgan fingerprint density at radius 1 is 0.621 bits per heavy atom. The Labute approximate surface area is 619 Å². The van der Waals surface area contributed by atoms with E-state index in [9.17, 15) is 42.9 Å². The molecule has 0 radical (unpaired) electrons. The lowest BCUT2D eigenvalue weighted by Gasteiger charge is -2.30. The van der Waals surface area contributed by atoms with Crippen molar-refractivity contribution in [1.82, 2.24) is 21.3 Å². The third-order valence-electron chi connectivity index (χ3n) is 14.5. The number of aromatic carboxylic acids is 1. The second kappa shape index (κ2) is 47.5. The molecule has 29 heteroatoms. The number of allylic oxidation sites excluding steroid dienone is 2. The average Bonchev–Trinajstić information content (AvgIpc) is 0.824. The Balaban J connectivity index is 0.000000336. The number of hydrogen-bond donors (Lipinski definition) is 11. The molecule has 0 saturated heterocycles. The number of carbonyl (C=O) groups excluding carboxylic acids is 3. The van der Waals surface area contributed by atoms with Crippen LogP contribution in [0.1, 0.15) is 107 Å². The quantitative estimate of drug-likeness (QED) is 0.0165.